The van der Waals surface area contributed by atoms with Gasteiger partial charge in [0.2, 0.25) is 0 Å². The Labute approximate surface area is 118 Å². The molecule has 1 atom stereocenters. The Morgan fingerprint density at radius 3 is 2.85 bits per heavy atom. The van der Waals surface area contributed by atoms with Crippen LogP contribution in [0.5, 0.6) is 5.75 Å². The Morgan fingerprint density at radius 2 is 2.20 bits per heavy atom. The first-order chi connectivity index (χ1) is 9.74. The molecule has 0 fully saturated rings. The largest absolute Gasteiger partial charge is 0.496 e. The molecule has 106 valence electrons. The van der Waals surface area contributed by atoms with Gasteiger partial charge in [-0.25, -0.2) is 4.39 Å². The molecule has 20 heavy (non-hydrogen) atoms. The summed E-state index contributed by atoms with van der Waals surface area (Å²) in [5.74, 6) is 0.441. The molecular formula is C16H19FN2O. The average molecular weight is 274 g/mol. The molecule has 1 heterocycles. The Bertz CT molecular complexity index is 545. The topological polar surface area (TPSA) is 34.2 Å². The van der Waals surface area contributed by atoms with Gasteiger partial charge in [0, 0.05) is 24.0 Å². The summed E-state index contributed by atoms with van der Waals surface area (Å²) in [4.78, 5) is 4.12. The maximum Gasteiger partial charge on any atom is 0.123 e. The van der Waals surface area contributed by atoms with E-state index in [1.807, 2.05) is 25.3 Å². The number of benzene rings is 1. The van der Waals surface area contributed by atoms with Crippen LogP contribution in [0.25, 0.3) is 0 Å². The van der Waals surface area contributed by atoms with Crippen molar-refractivity contribution in [3.8, 4) is 5.75 Å². The molecule has 4 heteroatoms. The Morgan fingerprint density at radius 1 is 1.35 bits per heavy atom. The fourth-order valence-corrected chi connectivity index (χ4v) is 2.27. The molecule has 1 N–H and O–H groups in total. The van der Waals surface area contributed by atoms with Gasteiger partial charge in [0.1, 0.15) is 11.6 Å². The van der Waals surface area contributed by atoms with E-state index in [1.165, 1.54) is 12.1 Å². The number of nitrogens with one attached hydrogen (secondary N) is 1. The highest BCUT2D eigenvalue weighted by atomic mass is 19.1. The molecule has 0 spiro atoms. The first-order valence-corrected chi connectivity index (χ1v) is 6.70. The number of pyridine rings is 1. The van der Waals surface area contributed by atoms with E-state index in [-0.39, 0.29) is 11.9 Å². The summed E-state index contributed by atoms with van der Waals surface area (Å²) in [6.45, 7) is 2.83. The van der Waals surface area contributed by atoms with E-state index >= 15 is 0 Å². The van der Waals surface area contributed by atoms with Gasteiger partial charge in [0.15, 0.2) is 0 Å². The molecule has 0 bridgehead atoms. The highest BCUT2D eigenvalue weighted by Gasteiger charge is 2.16. The number of aromatic nitrogens is 1. The monoisotopic (exact) mass is 274 g/mol. The lowest BCUT2D eigenvalue weighted by molar-refractivity contribution is 0.397. The second kappa shape index (κ2) is 7.01. The van der Waals surface area contributed by atoms with E-state index in [1.54, 1.807) is 19.4 Å². The van der Waals surface area contributed by atoms with Crippen molar-refractivity contribution in [3.63, 3.8) is 0 Å². The van der Waals surface area contributed by atoms with E-state index in [2.05, 4.69) is 10.3 Å². The summed E-state index contributed by atoms with van der Waals surface area (Å²) in [6, 6.07) is 8.52. The summed E-state index contributed by atoms with van der Waals surface area (Å²) >= 11 is 0. The van der Waals surface area contributed by atoms with Crippen LogP contribution in [0, 0.1) is 5.82 Å². The van der Waals surface area contributed by atoms with Crippen LogP contribution >= 0.6 is 0 Å². The summed E-state index contributed by atoms with van der Waals surface area (Å²) < 4.78 is 18.9. The third kappa shape index (κ3) is 3.54. The molecule has 0 aliphatic heterocycles. The third-order valence-corrected chi connectivity index (χ3v) is 3.18. The summed E-state index contributed by atoms with van der Waals surface area (Å²) in [7, 11) is 1.60. The highest BCUT2D eigenvalue weighted by molar-refractivity contribution is 5.37. The molecule has 0 amide bonds. The van der Waals surface area contributed by atoms with E-state index in [0.29, 0.717) is 5.75 Å². The second-order valence-electron chi connectivity index (χ2n) is 4.56. The van der Waals surface area contributed by atoms with Crippen LogP contribution in [0.15, 0.2) is 42.7 Å². The molecule has 1 aromatic carbocycles. The van der Waals surface area contributed by atoms with Crippen LogP contribution in [-0.4, -0.2) is 18.6 Å². The molecule has 2 aromatic rings. The third-order valence-electron chi connectivity index (χ3n) is 3.18. The van der Waals surface area contributed by atoms with Crippen molar-refractivity contribution in [1.29, 1.82) is 0 Å². The number of halogens is 1. The zero-order chi connectivity index (χ0) is 14.4. The van der Waals surface area contributed by atoms with Gasteiger partial charge in [-0.1, -0.05) is 13.0 Å². The van der Waals surface area contributed by atoms with Crippen LogP contribution in [0.3, 0.4) is 0 Å². The molecule has 1 unspecified atom stereocenters. The number of ether oxygens (including phenoxy) is 1. The zero-order valence-corrected chi connectivity index (χ0v) is 11.8. The fourth-order valence-electron chi connectivity index (χ4n) is 2.27. The fraction of sp³-hybridized carbons (Fsp3) is 0.312. The predicted octanol–water partition coefficient (Wildman–Crippen LogP) is 3.12. The highest BCUT2D eigenvalue weighted by Crippen LogP contribution is 2.28. The number of nitrogens with zero attached hydrogens (tertiary/aromatic N) is 1. The van der Waals surface area contributed by atoms with Crippen molar-refractivity contribution in [2.75, 3.05) is 13.7 Å². The minimum absolute atomic E-state index is 0.00477. The Kier molecular flexibility index (Phi) is 5.07. The molecule has 0 radical (unpaired) electrons. The Hall–Kier alpha value is -1.94. The average Bonchev–Trinajstić information content (AvgIpc) is 2.48. The minimum Gasteiger partial charge on any atom is -0.496 e. The van der Waals surface area contributed by atoms with Crippen LogP contribution in [-0.2, 0) is 6.42 Å². The van der Waals surface area contributed by atoms with E-state index < -0.39 is 0 Å². The standard InChI is InChI=1S/C16H19FN2O/c1-3-19-15(9-12-5-4-8-18-11-12)14-10-13(17)6-7-16(14)20-2/h4-8,10-11,15,19H,3,9H2,1-2H3. The van der Waals surface area contributed by atoms with Gasteiger partial charge >= 0.3 is 0 Å². The lowest BCUT2D eigenvalue weighted by Crippen LogP contribution is -2.23. The number of methoxy groups -OCH3 is 1. The lowest BCUT2D eigenvalue weighted by atomic mass is 9.98. The zero-order valence-electron chi connectivity index (χ0n) is 11.8. The van der Waals surface area contributed by atoms with Gasteiger partial charge in [-0.05, 0) is 42.8 Å². The van der Waals surface area contributed by atoms with Gasteiger partial charge in [0.05, 0.1) is 7.11 Å². The molecule has 1 aromatic heterocycles. The number of hydrogen-bond acceptors (Lipinski definition) is 3. The molecular weight excluding hydrogens is 255 g/mol. The smallest absolute Gasteiger partial charge is 0.123 e. The molecule has 3 nitrogen and oxygen atoms in total. The predicted molar refractivity (Wildman–Crippen MR) is 77.3 cm³/mol. The van der Waals surface area contributed by atoms with Gasteiger partial charge in [-0.2, -0.15) is 0 Å². The molecule has 0 saturated heterocycles. The van der Waals surface area contributed by atoms with Crippen LogP contribution < -0.4 is 10.1 Å². The van der Waals surface area contributed by atoms with E-state index in [9.17, 15) is 4.39 Å². The minimum atomic E-state index is -0.255. The normalized spacial score (nSPS) is 12.2. The SMILES string of the molecule is CCNC(Cc1cccnc1)c1cc(F)ccc1OC. The van der Waals surface area contributed by atoms with Crippen molar-refractivity contribution in [1.82, 2.24) is 10.3 Å². The summed E-state index contributed by atoms with van der Waals surface area (Å²) in [5, 5.41) is 3.37. The first-order valence-electron chi connectivity index (χ1n) is 6.70. The van der Waals surface area contributed by atoms with Crippen molar-refractivity contribution in [3.05, 3.63) is 59.7 Å². The van der Waals surface area contributed by atoms with E-state index in [4.69, 9.17) is 4.74 Å². The number of likely N-dealkylation sites (N-methyl/N-ethyl adjacent to an activating group) is 1. The van der Waals surface area contributed by atoms with Gasteiger partial charge < -0.3 is 10.1 Å². The molecule has 2 rings (SSSR count). The Balaban J connectivity index is 2.30. The van der Waals surface area contributed by atoms with Crippen LogP contribution in [0.2, 0.25) is 0 Å². The molecule has 0 aliphatic rings. The first kappa shape index (κ1) is 14.5. The molecule has 0 aliphatic carbocycles. The van der Waals surface area contributed by atoms with Gasteiger partial charge in [-0.15, -0.1) is 0 Å². The van der Waals surface area contributed by atoms with Crippen molar-refractivity contribution in [2.24, 2.45) is 0 Å². The maximum absolute atomic E-state index is 13.5. The number of rotatable bonds is 6. The maximum atomic E-state index is 13.5. The van der Waals surface area contributed by atoms with Crippen LogP contribution in [0.1, 0.15) is 24.1 Å². The molecule has 0 saturated carbocycles. The summed E-state index contributed by atoms with van der Waals surface area (Å²) in [6.07, 6.45) is 4.31. The van der Waals surface area contributed by atoms with E-state index in [0.717, 1.165) is 24.1 Å². The second-order valence-corrected chi connectivity index (χ2v) is 4.56. The number of hydrogen-bond donors (Lipinski definition) is 1. The van der Waals surface area contributed by atoms with Crippen LogP contribution in [0.4, 0.5) is 4.39 Å². The van der Waals surface area contributed by atoms with Crippen molar-refractivity contribution >= 4 is 0 Å². The van der Waals surface area contributed by atoms with Crippen molar-refractivity contribution < 1.29 is 9.13 Å². The van der Waals surface area contributed by atoms with Crippen molar-refractivity contribution in [2.45, 2.75) is 19.4 Å². The van der Waals surface area contributed by atoms with Gasteiger partial charge in [-0.3, -0.25) is 4.98 Å². The quantitative estimate of drug-likeness (QED) is 0.878. The summed E-state index contributed by atoms with van der Waals surface area (Å²) in [5.41, 5.74) is 1.93. The lowest BCUT2D eigenvalue weighted by Gasteiger charge is -2.21. The van der Waals surface area contributed by atoms with Gasteiger partial charge in [0.25, 0.3) is 0 Å².